The molecule has 1 fully saturated rings. The standard InChI is InChI=1S/C23H26N2O5/c1-28-21-14-18(23(27)24-19-7-5-16-3-2-4-17(16)13-19)6-8-20(21)30-15-22(26)25-9-11-29-12-10-25/h5-8,13-14H,2-4,9-12,15H2,1H3,(H,24,27). The number of morpholine rings is 1. The van der Waals surface area contributed by atoms with E-state index in [9.17, 15) is 9.59 Å². The Bertz CT molecular complexity index is 937. The van der Waals surface area contributed by atoms with Crippen LogP contribution in [0.25, 0.3) is 0 Å². The minimum Gasteiger partial charge on any atom is -0.493 e. The summed E-state index contributed by atoms with van der Waals surface area (Å²) in [6.45, 7) is 2.14. The fourth-order valence-electron chi connectivity index (χ4n) is 3.82. The van der Waals surface area contributed by atoms with E-state index in [0.29, 0.717) is 43.4 Å². The van der Waals surface area contributed by atoms with Crippen LogP contribution < -0.4 is 14.8 Å². The molecule has 4 rings (SSSR count). The van der Waals surface area contributed by atoms with Gasteiger partial charge in [0.15, 0.2) is 18.1 Å². The lowest BCUT2D eigenvalue weighted by Crippen LogP contribution is -2.43. The van der Waals surface area contributed by atoms with Gasteiger partial charge in [0.2, 0.25) is 0 Å². The fraction of sp³-hybridized carbons (Fsp3) is 0.391. The number of fused-ring (bicyclic) bond motifs is 1. The molecule has 2 aliphatic rings. The molecule has 7 heteroatoms. The van der Waals surface area contributed by atoms with Crippen LogP contribution in [0, 0.1) is 0 Å². The third-order valence-corrected chi connectivity index (χ3v) is 5.50. The zero-order chi connectivity index (χ0) is 20.9. The second-order valence-corrected chi connectivity index (χ2v) is 7.44. The predicted molar refractivity (Wildman–Crippen MR) is 112 cm³/mol. The van der Waals surface area contributed by atoms with E-state index >= 15 is 0 Å². The molecule has 158 valence electrons. The number of amides is 2. The molecule has 0 unspecified atom stereocenters. The van der Waals surface area contributed by atoms with Crippen molar-refractivity contribution in [2.24, 2.45) is 0 Å². The summed E-state index contributed by atoms with van der Waals surface area (Å²) in [6.07, 6.45) is 3.33. The van der Waals surface area contributed by atoms with Crippen molar-refractivity contribution in [3.05, 3.63) is 53.1 Å². The van der Waals surface area contributed by atoms with Gasteiger partial charge in [-0.3, -0.25) is 9.59 Å². The van der Waals surface area contributed by atoms with E-state index < -0.39 is 0 Å². The monoisotopic (exact) mass is 410 g/mol. The first-order valence-electron chi connectivity index (χ1n) is 10.2. The van der Waals surface area contributed by atoms with E-state index in [0.717, 1.165) is 18.5 Å². The number of hydrogen-bond donors (Lipinski definition) is 1. The Balaban J connectivity index is 1.39. The lowest BCUT2D eigenvalue weighted by molar-refractivity contribution is -0.137. The molecule has 2 aromatic rings. The first-order chi connectivity index (χ1) is 14.6. The summed E-state index contributed by atoms with van der Waals surface area (Å²) in [5.74, 6) is 0.514. The number of carbonyl (C=O) groups is 2. The normalized spacial score (nSPS) is 15.4. The second-order valence-electron chi connectivity index (χ2n) is 7.44. The highest BCUT2D eigenvalue weighted by Gasteiger charge is 2.19. The van der Waals surface area contributed by atoms with Crippen LogP contribution in [0.2, 0.25) is 0 Å². The number of anilines is 1. The van der Waals surface area contributed by atoms with E-state index in [4.69, 9.17) is 14.2 Å². The maximum Gasteiger partial charge on any atom is 0.260 e. The van der Waals surface area contributed by atoms with Gasteiger partial charge in [-0.2, -0.15) is 0 Å². The Hall–Kier alpha value is -3.06. The quantitative estimate of drug-likeness (QED) is 0.792. The fourth-order valence-corrected chi connectivity index (χ4v) is 3.82. The van der Waals surface area contributed by atoms with E-state index in [1.807, 2.05) is 12.1 Å². The molecule has 0 radical (unpaired) electrons. The van der Waals surface area contributed by atoms with Gasteiger partial charge in [-0.1, -0.05) is 6.07 Å². The summed E-state index contributed by atoms with van der Waals surface area (Å²) in [6, 6.07) is 11.0. The molecule has 1 N–H and O–H groups in total. The SMILES string of the molecule is COc1cc(C(=O)Nc2ccc3c(c2)CCC3)ccc1OCC(=O)N1CCOCC1. The van der Waals surface area contributed by atoms with Gasteiger partial charge < -0.3 is 24.4 Å². The Morgan fingerprint density at radius 3 is 2.63 bits per heavy atom. The van der Waals surface area contributed by atoms with E-state index in [1.54, 1.807) is 23.1 Å². The zero-order valence-electron chi connectivity index (χ0n) is 17.1. The number of carbonyl (C=O) groups excluding carboxylic acids is 2. The van der Waals surface area contributed by atoms with Gasteiger partial charge in [-0.25, -0.2) is 0 Å². The van der Waals surface area contributed by atoms with Gasteiger partial charge in [0.25, 0.3) is 11.8 Å². The largest absolute Gasteiger partial charge is 0.493 e. The average Bonchev–Trinajstić information content (AvgIpc) is 3.25. The average molecular weight is 410 g/mol. The molecule has 1 saturated heterocycles. The number of ether oxygens (including phenoxy) is 3. The molecular formula is C23H26N2O5. The molecule has 0 aromatic heterocycles. The van der Waals surface area contributed by atoms with E-state index in [-0.39, 0.29) is 18.4 Å². The third kappa shape index (κ3) is 4.57. The van der Waals surface area contributed by atoms with Crippen molar-refractivity contribution >= 4 is 17.5 Å². The van der Waals surface area contributed by atoms with E-state index in [1.165, 1.54) is 24.7 Å². The van der Waals surface area contributed by atoms with Crippen LogP contribution >= 0.6 is 0 Å². The van der Waals surface area contributed by atoms with Gasteiger partial charge in [-0.05, 0) is 60.7 Å². The summed E-state index contributed by atoms with van der Waals surface area (Å²) in [5, 5.41) is 2.94. The number of rotatable bonds is 6. The number of aryl methyl sites for hydroxylation is 2. The van der Waals surface area contributed by atoms with Crippen LogP contribution in [0.4, 0.5) is 5.69 Å². The Morgan fingerprint density at radius 1 is 1.03 bits per heavy atom. The molecule has 0 bridgehead atoms. The van der Waals surface area contributed by atoms with Gasteiger partial charge in [0.05, 0.1) is 20.3 Å². The first-order valence-corrected chi connectivity index (χ1v) is 10.2. The lowest BCUT2D eigenvalue weighted by atomic mass is 10.1. The van der Waals surface area contributed by atoms with Gasteiger partial charge in [0.1, 0.15) is 0 Å². The topological polar surface area (TPSA) is 77.1 Å². The zero-order valence-corrected chi connectivity index (χ0v) is 17.1. The van der Waals surface area contributed by atoms with Gasteiger partial charge in [0, 0.05) is 24.3 Å². The molecule has 0 saturated carbocycles. The van der Waals surface area contributed by atoms with Crippen LogP contribution in [0.15, 0.2) is 36.4 Å². The highest BCUT2D eigenvalue weighted by atomic mass is 16.5. The van der Waals surface area contributed by atoms with Crippen LogP contribution in [-0.2, 0) is 22.4 Å². The number of hydrogen-bond acceptors (Lipinski definition) is 5. The lowest BCUT2D eigenvalue weighted by Gasteiger charge is -2.26. The summed E-state index contributed by atoms with van der Waals surface area (Å²) in [5.41, 5.74) is 3.91. The molecule has 2 aromatic carbocycles. The molecular weight excluding hydrogens is 384 g/mol. The van der Waals surface area contributed by atoms with Crippen LogP contribution in [0.5, 0.6) is 11.5 Å². The Labute approximate surface area is 175 Å². The first kappa shape index (κ1) is 20.2. The van der Waals surface area contributed by atoms with Gasteiger partial charge in [-0.15, -0.1) is 0 Å². The molecule has 30 heavy (non-hydrogen) atoms. The summed E-state index contributed by atoms with van der Waals surface area (Å²) >= 11 is 0. The van der Waals surface area contributed by atoms with Crippen LogP contribution in [0.1, 0.15) is 27.9 Å². The summed E-state index contributed by atoms with van der Waals surface area (Å²) in [7, 11) is 1.51. The van der Waals surface area contributed by atoms with Crippen molar-refractivity contribution in [2.75, 3.05) is 45.3 Å². The third-order valence-electron chi connectivity index (χ3n) is 5.50. The molecule has 0 atom stereocenters. The van der Waals surface area contributed by atoms with E-state index in [2.05, 4.69) is 11.4 Å². The van der Waals surface area contributed by atoms with Gasteiger partial charge >= 0.3 is 0 Å². The number of nitrogens with one attached hydrogen (secondary N) is 1. The van der Waals surface area contributed by atoms with Crippen molar-refractivity contribution < 1.29 is 23.8 Å². The molecule has 2 amide bonds. The molecule has 1 aliphatic carbocycles. The number of benzene rings is 2. The van der Waals surface area contributed by atoms with Crippen molar-refractivity contribution in [1.82, 2.24) is 4.90 Å². The predicted octanol–water partition coefficient (Wildman–Crippen LogP) is 2.67. The minimum absolute atomic E-state index is 0.0863. The molecule has 0 spiro atoms. The Kier molecular flexibility index (Phi) is 6.18. The highest BCUT2D eigenvalue weighted by Crippen LogP contribution is 2.29. The van der Waals surface area contributed by atoms with Crippen molar-refractivity contribution in [1.29, 1.82) is 0 Å². The maximum absolute atomic E-state index is 12.7. The summed E-state index contributed by atoms with van der Waals surface area (Å²) in [4.78, 5) is 26.7. The number of nitrogens with zero attached hydrogens (tertiary/aromatic N) is 1. The van der Waals surface area contributed by atoms with Crippen molar-refractivity contribution in [2.45, 2.75) is 19.3 Å². The van der Waals surface area contributed by atoms with Crippen LogP contribution in [0.3, 0.4) is 0 Å². The molecule has 1 aliphatic heterocycles. The molecule has 1 heterocycles. The van der Waals surface area contributed by atoms with Crippen LogP contribution in [-0.4, -0.2) is 56.7 Å². The smallest absolute Gasteiger partial charge is 0.260 e. The second kappa shape index (κ2) is 9.17. The van der Waals surface area contributed by atoms with Crippen molar-refractivity contribution in [3.8, 4) is 11.5 Å². The maximum atomic E-state index is 12.7. The number of methoxy groups -OCH3 is 1. The Morgan fingerprint density at radius 2 is 1.83 bits per heavy atom. The minimum atomic E-state index is -0.220. The summed E-state index contributed by atoms with van der Waals surface area (Å²) < 4.78 is 16.3. The van der Waals surface area contributed by atoms with Crippen molar-refractivity contribution in [3.63, 3.8) is 0 Å². The highest BCUT2D eigenvalue weighted by molar-refractivity contribution is 6.04. The molecule has 7 nitrogen and oxygen atoms in total.